The molecule has 3 fully saturated rings. The first kappa shape index (κ1) is 51.4. The molecule has 3 heterocycles. The van der Waals surface area contributed by atoms with Gasteiger partial charge < -0.3 is 58.9 Å². The van der Waals surface area contributed by atoms with E-state index in [4.69, 9.17) is 17.2 Å². The van der Waals surface area contributed by atoms with Crippen LogP contribution in [0.25, 0.3) is 0 Å². The number of fused-ring (bicyclic) bond motifs is 2. The highest BCUT2D eigenvalue weighted by atomic mass is 16.2. The van der Waals surface area contributed by atoms with Crippen LogP contribution in [-0.2, 0) is 51.2 Å². The normalized spacial score (nSPS) is 26.2. The molecule has 20 nitrogen and oxygen atoms in total. The minimum Gasteiger partial charge on any atom is -0.370 e. The van der Waals surface area contributed by atoms with Crippen molar-refractivity contribution in [2.45, 2.75) is 139 Å². The van der Waals surface area contributed by atoms with E-state index in [2.05, 4.69) is 36.9 Å². The number of nitrogens with two attached hydrogens (primary N) is 3. The number of aryl methyl sites for hydroxylation is 1. The van der Waals surface area contributed by atoms with Crippen LogP contribution in [0.3, 0.4) is 0 Å². The highest BCUT2D eigenvalue weighted by Crippen LogP contribution is 2.26. The van der Waals surface area contributed by atoms with Gasteiger partial charge in [0.2, 0.25) is 47.3 Å². The number of guanidine groups is 1. The van der Waals surface area contributed by atoms with Gasteiger partial charge in [-0.25, -0.2) is 0 Å². The Morgan fingerprint density at radius 1 is 0.582 bits per heavy atom. The molecule has 0 aliphatic carbocycles. The Kier molecular flexibility index (Phi) is 19.5. The highest BCUT2D eigenvalue weighted by molar-refractivity contribution is 5.99. The monoisotopic (exact) mass is 929 g/mol. The first-order chi connectivity index (χ1) is 32.2. The van der Waals surface area contributed by atoms with Crippen molar-refractivity contribution in [3.63, 3.8) is 0 Å². The Labute approximate surface area is 391 Å². The van der Waals surface area contributed by atoms with Crippen LogP contribution in [0, 0.1) is 0 Å². The van der Waals surface area contributed by atoms with E-state index in [1.807, 2.05) is 37.3 Å². The average molecular weight is 929 g/mol. The van der Waals surface area contributed by atoms with Crippen LogP contribution < -0.4 is 49.1 Å². The van der Waals surface area contributed by atoms with Gasteiger partial charge in [0.05, 0.1) is 0 Å². The van der Waals surface area contributed by atoms with E-state index in [1.54, 1.807) is 30.3 Å². The predicted molar refractivity (Wildman–Crippen MR) is 250 cm³/mol. The second-order valence-corrected chi connectivity index (χ2v) is 17.5. The second-order valence-electron chi connectivity index (χ2n) is 17.5. The minimum absolute atomic E-state index is 0.00526. The van der Waals surface area contributed by atoms with Crippen LogP contribution in [0.2, 0.25) is 0 Å². The molecule has 0 aromatic heterocycles. The van der Waals surface area contributed by atoms with E-state index in [0.717, 1.165) is 5.56 Å². The van der Waals surface area contributed by atoms with Gasteiger partial charge in [-0.1, -0.05) is 80.4 Å². The lowest BCUT2D eigenvalue weighted by atomic mass is 10.0. The smallest absolute Gasteiger partial charge is 0.246 e. The van der Waals surface area contributed by atoms with Gasteiger partial charge in [-0.2, -0.15) is 0 Å². The Morgan fingerprint density at radius 3 is 1.72 bits per heavy atom. The van der Waals surface area contributed by atoms with Crippen LogP contribution in [-0.4, -0.2) is 138 Å². The Bertz CT molecular complexity index is 2070. The van der Waals surface area contributed by atoms with E-state index in [-0.39, 0.29) is 64.2 Å². The topological polar surface area (TPSA) is 306 Å². The van der Waals surface area contributed by atoms with Gasteiger partial charge in [0.15, 0.2) is 5.96 Å². The molecule has 0 spiro atoms. The molecule has 67 heavy (non-hydrogen) atoms. The Hall–Kier alpha value is -6.57. The van der Waals surface area contributed by atoms with Crippen LogP contribution in [0.4, 0.5) is 0 Å². The third kappa shape index (κ3) is 14.7. The van der Waals surface area contributed by atoms with Crippen molar-refractivity contribution in [1.82, 2.24) is 41.7 Å². The number of carbonyl (C=O) groups excluding carboxylic acids is 8. The van der Waals surface area contributed by atoms with E-state index < -0.39 is 95.6 Å². The van der Waals surface area contributed by atoms with Crippen molar-refractivity contribution in [1.29, 1.82) is 0 Å². The number of nitrogens with zero attached hydrogens (tertiary/aromatic N) is 3. The number of benzene rings is 2. The van der Waals surface area contributed by atoms with E-state index >= 15 is 0 Å². The summed E-state index contributed by atoms with van der Waals surface area (Å²) in [5.41, 5.74) is 18.7. The fraction of sp³-hybridized carbons (Fsp3) is 0.553. The zero-order valence-corrected chi connectivity index (χ0v) is 38.5. The molecule has 2 aromatic carbocycles. The van der Waals surface area contributed by atoms with E-state index in [9.17, 15) is 38.4 Å². The largest absolute Gasteiger partial charge is 0.370 e. The SMILES string of the molecule is CCCC[C@@H]1NC(=O)[C@H](C)NC(=O)[C@H](CN)NC(=O)[C@H](CCc2ccccc2)NC(=O)[C@H](Cc2ccccc2)NC(=O)[C@H](CCCN=C(N)N)NC(=O)[C@@H]2CCCN2C(=O)[C@H]2CCCN2C1=O. The zero-order valence-electron chi connectivity index (χ0n) is 38.5. The molecule has 0 radical (unpaired) electrons. The maximum Gasteiger partial charge on any atom is 0.246 e. The molecule has 5 rings (SSSR count). The summed E-state index contributed by atoms with van der Waals surface area (Å²) in [5, 5.41) is 16.5. The molecule has 3 aliphatic heterocycles. The minimum atomic E-state index is -1.34. The quantitative estimate of drug-likeness (QED) is 0.0666. The summed E-state index contributed by atoms with van der Waals surface area (Å²) in [5.74, 6) is -5.20. The summed E-state index contributed by atoms with van der Waals surface area (Å²) in [6.45, 7) is 3.64. The maximum atomic E-state index is 14.5. The van der Waals surface area contributed by atoms with Gasteiger partial charge in [0.25, 0.3) is 0 Å². The zero-order chi connectivity index (χ0) is 48.5. The molecule has 3 saturated heterocycles. The molecule has 0 bridgehead atoms. The van der Waals surface area contributed by atoms with Crippen molar-refractivity contribution in [2.75, 3.05) is 26.2 Å². The van der Waals surface area contributed by atoms with Gasteiger partial charge in [-0.15, -0.1) is 0 Å². The summed E-state index contributed by atoms with van der Waals surface area (Å²) in [7, 11) is 0. The van der Waals surface area contributed by atoms with Crippen molar-refractivity contribution in [3.8, 4) is 0 Å². The number of amides is 8. The number of unbranched alkanes of at least 4 members (excludes halogenated alkanes) is 1. The van der Waals surface area contributed by atoms with E-state index in [0.29, 0.717) is 50.5 Å². The maximum absolute atomic E-state index is 14.5. The number of rotatable bonds is 13. The third-order valence-corrected chi connectivity index (χ3v) is 12.4. The number of hydrogen-bond acceptors (Lipinski definition) is 10. The third-order valence-electron chi connectivity index (χ3n) is 12.4. The summed E-state index contributed by atoms with van der Waals surface area (Å²) >= 11 is 0. The van der Waals surface area contributed by atoms with Crippen LogP contribution in [0.5, 0.6) is 0 Å². The molecule has 12 N–H and O–H groups in total. The molecule has 20 heteroatoms. The van der Waals surface area contributed by atoms with E-state index in [1.165, 1.54) is 16.7 Å². The highest BCUT2D eigenvalue weighted by Gasteiger charge is 2.44. The molecule has 0 unspecified atom stereocenters. The predicted octanol–water partition coefficient (Wildman–Crippen LogP) is -1.01. The van der Waals surface area contributed by atoms with Gasteiger partial charge in [0, 0.05) is 32.6 Å². The number of nitrogens with one attached hydrogen (secondary N) is 6. The van der Waals surface area contributed by atoms with Gasteiger partial charge >= 0.3 is 0 Å². The molecular formula is C47H68N12O8. The summed E-state index contributed by atoms with van der Waals surface area (Å²) in [6.07, 6.45) is 3.93. The number of aliphatic imine (C=N–C) groups is 1. The number of carbonyl (C=O) groups is 8. The Balaban J connectivity index is 1.52. The van der Waals surface area contributed by atoms with Gasteiger partial charge in [0.1, 0.15) is 48.3 Å². The molecule has 364 valence electrons. The molecule has 0 saturated carbocycles. The van der Waals surface area contributed by atoms with Crippen molar-refractivity contribution >= 4 is 53.2 Å². The first-order valence-corrected chi connectivity index (χ1v) is 23.5. The molecule has 8 atom stereocenters. The molecule has 3 aliphatic rings. The van der Waals surface area contributed by atoms with Crippen molar-refractivity contribution in [3.05, 3.63) is 71.8 Å². The van der Waals surface area contributed by atoms with Crippen molar-refractivity contribution < 1.29 is 38.4 Å². The molecular weight excluding hydrogens is 861 g/mol. The number of hydrogen-bond donors (Lipinski definition) is 9. The lowest BCUT2D eigenvalue weighted by Crippen LogP contribution is -2.61. The fourth-order valence-corrected chi connectivity index (χ4v) is 8.70. The van der Waals surface area contributed by atoms with Gasteiger partial charge in [-0.3, -0.25) is 43.3 Å². The van der Waals surface area contributed by atoms with Crippen LogP contribution in [0.15, 0.2) is 65.7 Å². The van der Waals surface area contributed by atoms with Crippen LogP contribution >= 0.6 is 0 Å². The molecule has 8 amide bonds. The average Bonchev–Trinajstić information content (AvgIpc) is 4.03. The summed E-state index contributed by atoms with van der Waals surface area (Å²) in [4.78, 5) is 120. The lowest BCUT2D eigenvalue weighted by Gasteiger charge is -2.33. The van der Waals surface area contributed by atoms with Crippen molar-refractivity contribution in [2.24, 2.45) is 22.2 Å². The first-order valence-electron chi connectivity index (χ1n) is 23.5. The second kappa shape index (κ2) is 25.4. The molecule has 2 aromatic rings. The Morgan fingerprint density at radius 2 is 1.09 bits per heavy atom. The summed E-state index contributed by atoms with van der Waals surface area (Å²) < 4.78 is 0. The lowest BCUT2D eigenvalue weighted by molar-refractivity contribution is -0.148. The summed E-state index contributed by atoms with van der Waals surface area (Å²) in [6, 6.07) is 9.06. The van der Waals surface area contributed by atoms with Crippen LogP contribution in [0.1, 0.15) is 89.2 Å². The standard InChI is InChI=1S/C47H68N12O8/c1-3-4-18-34-45(66)59-26-13-21-38(59)46(67)58-25-12-20-37(58)44(65)54-32(19-11-24-51-47(49)50)40(61)56-35(27-31-16-9-6-10-17-31)42(63)53-33(23-22-30-14-7-5-8-15-30)41(62)57-36(28-48)43(64)52-29(2)39(60)55-34/h5-10,14-17,29,32-38H,3-4,11-13,18-28,48H2,1-2H3,(H,52,64)(H,53,63)(H,54,65)(H,55,60)(H,56,61)(H,57,62)(H4,49,50,51)/t29-,32-,33-,34-,35-,36-,37-,38+/m0/s1. The fourth-order valence-electron chi connectivity index (χ4n) is 8.70. The van der Waals surface area contributed by atoms with Gasteiger partial charge in [-0.05, 0) is 75.8 Å².